The molecule has 1 fully saturated rings. The predicted octanol–water partition coefficient (Wildman–Crippen LogP) is 7.07. The van der Waals surface area contributed by atoms with Crippen molar-refractivity contribution in [2.45, 2.75) is 28.8 Å². The quantitative estimate of drug-likeness (QED) is 0.0569. The molecule has 0 aliphatic carbocycles. The number of benzene rings is 5. The number of likely N-dealkylation sites (N-methyl/N-ethyl adjacent to an activating group) is 1. The zero-order valence-electron chi connectivity index (χ0n) is 30.6. The first-order valence-electron chi connectivity index (χ1n) is 17.9. The third-order valence-corrected chi connectivity index (χ3v) is 12.1. The first kappa shape index (κ1) is 40.3. The van der Waals surface area contributed by atoms with E-state index in [9.17, 15) is 28.1 Å². The molecule has 6 rings (SSSR count). The molecular weight excluding hydrogens is 772 g/mol. The van der Waals surface area contributed by atoms with Crippen LogP contribution in [0.1, 0.15) is 22.3 Å². The minimum Gasteiger partial charge on any atom is -0.369 e. The second kappa shape index (κ2) is 18.5. The molecule has 3 N–H and O–H groups in total. The summed E-state index contributed by atoms with van der Waals surface area (Å²) in [5, 5.41) is 18.2. The molecule has 1 saturated heterocycles. The molecule has 0 aromatic heterocycles. The van der Waals surface area contributed by atoms with Crippen LogP contribution in [-0.4, -0.2) is 75.1 Å². The van der Waals surface area contributed by atoms with Gasteiger partial charge in [0.25, 0.3) is 21.6 Å². The smallest absolute Gasteiger partial charge is 0.293 e. The number of thioether (sulfide) groups is 1. The third-order valence-electron chi connectivity index (χ3n) is 9.45. The Morgan fingerprint density at radius 1 is 0.875 bits per heavy atom. The Hall–Kier alpha value is -5.41. The van der Waals surface area contributed by atoms with Crippen LogP contribution in [0.5, 0.6) is 0 Å². The van der Waals surface area contributed by atoms with Crippen LogP contribution in [-0.2, 0) is 21.4 Å². The van der Waals surface area contributed by atoms with Gasteiger partial charge in [-0.2, -0.15) is 0 Å². The number of carbonyl (C=O) groups excluding carboxylic acids is 2. The van der Waals surface area contributed by atoms with Gasteiger partial charge in [-0.15, -0.1) is 11.8 Å². The van der Waals surface area contributed by atoms with Crippen LogP contribution in [0.4, 0.5) is 17.1 Å². The van der Waals surface area contributed by atoms with Crippen molar-refractivity contribution in [3.05, 3.63) is 148 Å². The van der Waals surface area contributed by atoms with E-state index in [-0.39, 0.29) is 17.2 Å². The number of nitrogens with zero attached hydrogens (tertiary/aromatic N) is 3. The maximum atomic E-state index is 13.3. The normalized spacial score (nSPS) is 13.8. The van der Waals surface area contributed by atoms with Crippen LogP contribution in [0, 0.1) is 10.1 Å². The van der Waals surface area contributed by atoms with Crippen molar-refractivity contribution in [1.82, 2.24) is 14.9 Å². The monoisotopic (exact) mass is 812 g/mol. The van der Waals surface area contributed by atoms with Crippen molar-refractivity contribution in [3.8, 4) is 11.1 Å². The summed E-state index contributed by atoms with van der Waals surface area (Å²) in [5.74, 6) is -0.709. The van der Waals surface area contributed by atoms with Crippen molar-refractivity contribution in [2.75, 3.05) is 49.2 Å². The highest BCUT2D eigenvalue weighted by Gasteiger charge is 2.27. The first-order chi connectivity index (χ1) is 27.0. The van der Waals surface area contributed by atoms with Crippen LogP contribution in [0.3, 0.4) is 0 Å². The fourth-order valence-corrected chi connectivity index (χ4v) is 8.49. The zero-order valence-corrected chi connectivity index (χ0v) is 32.9. The van der Waals surface area contributed by atoms with E-state index in [0.717, 1.165) is 61.0 Å². The van der Waals surface area contributed by atoms with Gasteiger partial charge in [0.15, 0.2) is 0 Å². The molecule has 1 atom stereocenters. The number of nitrogens with one attached hydrogen (secondary N) is 3. The molecule has 1 aliphatic heterocycles. The molecule has 1 unspecified atom stereocenters. The molecule has 0 saturated carbocycles. The SMILES string of the molecule is CNC(=O)C(CCSc1ccccc1)Nc1ccc(S(=O)(=O)NC(=O)c2ccc(N3CCN(Cc4ccccc4-c4ccc(Cl)cc4)CC3)cc2)cc1[N+](=O)[O-]. The number of halogens is 1. The highest BCUT2D eigenvalue weighted by Crippen LogP contribution is 2.30. The van der Waals surface area contributed by atoms with Gasteiger partial charge >= 0.3 is 0 Å². The van der Waals surface area contributed by atoms with Crippen molar-refractivity contribution in [2.24, 2.45) is 0 Å². The summed E-state index contributed by atoms with van der Waals surface area (Å²) >= 11 is 7.64. The lowest BCUT2D eigenvalue weighted by atomic mass is 9.99. The van der Waals surface area contributed by atoms with Crippen LogP contribution >= 0.6 is 23.4 Å². The molecule has 1 heterocycles. The van der Waals surface area contributed by atoms with Gasteiger partial charge in [0, 0.05) is 72.8 Å². The van der Waals surface area contributed by atoms with Gasteiger partial charge in [0.1, 0.15) is 11.7 Å². The van der Waals surface area contributed by atoms with Gasteiger partial charge in [-0.3, -0.25) is 24.6 Å². The molecule has 56 heavy (non-hydrogen) atoms. The maximum absolute atomic E-state index is 13.3. The molecule has 2 amide bonds. The molecule has 0 spiro atoms. The van der Waals surface area contributed by atoms with E-state index in [2.05, 4.69) is 32.6 Å². The number of sulfonamides is 1. The average Bonchev–Trinajstić information content (AvgIpc) is 3.21. The topological polar surface area (TPSA) is 154 Å². The fraction of sp³-hybridized carbons (Fsp3) is 0.220. The van der Waals surface area contributed by atoms with E-state index >= 15 is 0 Å². The van der Waals surface area contributed by atoms with Gasteiger partial charge in [0.2, 0.25) is 5.91 Å². The van der Waals surface area contributed by atoms with Gasteiger partial charge < -0.3 is 15.5 Å². The van der Waals surface area contributed by atoms with Gasteiger partial charge in [0.05, 0.1) is 9.82 Å². The molecule has 12 nitrogen and oxygen atoms in total. The minimum atomic E-state index is -4.50. The second-order valence-electron chi connectivity index (χ2n) is 13.1. The number of amides is 2. The Morgan fingerprint density at radius 3 is 2.23 bits per heavy atom. The zero-order chi connectivity index (χ0) is 39.7. The van der Waals surface area contributed by atoms with Gasteiger partial charge in [-0.05, 0) is 83.8 Å². The van der Waals surface area contributed by atoms with E-state index in [4.69, 9.17) is 11.6 Å². The molecule has 5 aromatic carbocycles. The number of nitro benzene ring substituents is 1. The molecule has 290 valence electrons. The Kier molecular flexibility index (Phi) is 13.3. The number of carbonyl (C=O) groups is 2. The molecule has 0 radical (unpaired) electrons. The van der Waals surface area contributed by atoms with Crippen molar-refractivity contribution < 1.29 is 22.9 Å². The Labute approximate surface area is 335 Å². The molecule has 15 heteroatoms. The lowest BCUT2D eigenvalue weighted by Crippen LogP contribution is -2.46. The third kappa shape index (κ3) is 10.3. The number of piperazine rings is 1. The Balaban J connectivity index is 1.05. The Morgan fingerprint density at radius 2 is 1.55 bits per heavy atom. The number of hydrogen-bond acceptors (Lipinski definition) is 10. The van der Waals surface area contributed by atoms with E-state index in [1.54, 1.807) is 24.3 Å². The van der Waals surface area contributed by atoms with Crippen LogP contribution in [0.2, 0.25) is 5.02 Å². The van der Waals surface area contributed by atoms with Crippen molar-refractivity contribution in [3.63, 3.8) is 0 Å². The van der Waals surface area contributed by atoms with Crippen molar-refractivity contribution in [1.29, 1.82) is 0 Å². The number of anilines is 2. The summed E-state index contributed by atoms with van der Waals surface area (Å²) in [7, 11) is -3.03. The fourth-order valence-electron chi connectivity index (χ4n) is 6.43. The average molecular weight is 813 g/mol. The summed E-state index contributed by atoms with van der Waals surface area (Å²) in [6.07, 6.45) is 0.336. The summed E-state index contributed by atoms with van der Waals surface area (Å²) in [5.41, 5.74) is 3.95. The maximum Gasteiger partial charge on any atom is 0.293 e. The van der Waals surface area contributed by atoms with Gasteiger partial charge in [-0.1, -0.05) is 66.2 Å². The highest BCUT2D eigenvalue weighted by molar-refractivity contribution is 7.99. The molecular formula is C41H41ClN6O6S2. The van der Waals surface area contributed by atoms with Crippen LogP contribution in [0.25, 0.3) is 11.1 Å². The highest BCUT2D eigenvalue weighted by atomic mass is 35.5. The van der Waals surface area contributed by atoms with E-state index in [1.807, 2.05) is 71.5 Å². The van der Waals surface area contributed by atoms with E-state index in [0.29, 0.717) is 17.2 Å². The first-order valence-corrected chi connectivity index (χ1v) is 20.8. The number of rotatable bonds is 15. The molecule has 0 bridgehead atoms. The lowest BCUT2D eigenvalue weighted by Gasteiger charge is -2.36. The van der Waals surface area contributed by atoms with Crippen LogP contribution in [0.15, 0.2) is 131 Å². The Bertz CT molecular complexity index is 2270. The predicted molar refractivity (Wildman–Crippen MR) is 222 cm³/mol. The van der Waals surface area contributed by atoms with Gasteiger partial charge in [-0.25, -0.2) is 13.1 Å². The van der Waals surface area contributed by atoms with Crippen molar-refractivity contribution >= 4 is 62.3 Å². The summed E-state index contributed by atoms with van der Waals surface area (Å²) in [6, 6.07) is 34.9. The summed E-state index contributed by atoms with van der Waals surface area (Å²) < 4.78 is 28.6. The van der Waals surface area contributed by atoms with E-state index < -0.39 is 37.5 Å². The number of hydrogen-bond donors (Lipinski definition) is 3. The summed E-state index contributed by atoms with van der Waals surface area (Å²) in [4.78, 5) is 42.3. The summed E-state index contributed by atoms with van der Waals surface area (Å²) in [6.45, 7) is 3.99. The van der Waals surface area contributed by atoms with E-state index in [1.165, 1.54) is 36.0 Å². The minimum absolute atomic E-state index is 0.0298. The largest absolute Gasteiger partial charge is 0.369 e. The van der Waals surface area contributed by atoms with Crippen LogP contribution < -0.4 is 20.3 Å². The number of nitro groups is 1. The lowest BCUT2D eigenvalue weighted by molar-refractivity contribution is -0.384. The standard InChI is InChI=1S/C41H41ClN6O6S2/c1-43-41(50)38(21-26-55-34-8-3-2-4-9-34)44-37-20-19-35(27-39(37)48(51)52)56(53,54)45-40(49)30-13-17-33(18-14-30)47-24-22-46(23-25-47)28-31-7-5-6-10-36(31)29-11-15-32(42)16-12-29/h2-20,27,38,44H,21-26,28H2,1H3,(H,43,50)(H,45,49). The second-order valence-corrected chi connectivity index (χ2v) is 16.4. The molecule has 1 aliphatic rings. The molecule has 5 aromatic rings.